The fourth-order valence-corrected chi connectivity index (χ4v) is 2.18. The molecule has 0 amide bonds. The van der Waals surface area contributed by atoms with Crippen LogP contribution in [0.25, 0.3) is 0 Å². The number of hydrogen-bond acceptors (Lipinski definition) is 5. The lowest BCUT2D eigenvalue weighted by Gasteiger charge is -2.23. The van der Waals surface area contributed by atoms with Crippen molar-refractivity contribution in [3.05, 3.63) is 33.3 Å². The van der Waals surface area contributed by atoms with Gasteiger partial charge in [-0.25, -0.2) is 0 Å². The van der Waals surface area contributed by atoms with E-state index in [4.69, 9.17) is 16.3 Å². The second-order valence-corrected chi connectivity index (χ2v) is 5.74. The largest absolute Gasteiger partial charge is 0.493 e. The molecule has 1 N–H and O–H groups in total. The molecule has 0 spiro atoms. The number of nitriles is 1. The van der Waals surface area contributed by atoms with E-state index >= 15 is 0 Å². The summed E-state index contributed by atoms with van der Waals surface area (Å²) in [7, 11) is 0. The molecule has 1 aromatic rings. The number of nitrogens with zero attached hydrogens (tertiary/aromatic N) is 2. The molecular formula is C14H16ClN3O3. The molecule has 1 aromatic carbocycles. The smallest absolute Gasteiger partial charge is 0.288 e. The molecule has 0 saturated heterocycles. The van der Waals surface area contributed by atoms with Gasteiger partial charge in [0.2, 0.25) is 0 Å². The van der Waals surface area contributed by atoms with E-state index in [0.717, 1.165) is 12.8 Å². The first kappa shape index (κ1) is 15.5. The number of ether oxygens (including phenoxy) is 1. The molecule has 0 aliphatic heterocycles. The van der Waals surface area contributed by atoms with Crippen LogP contribution in [0.3, 0.4) is 0 Å². The lowest BCUT2D eigenvalue weighted by atomic mass is 10.0. The maximum absolute atomic E-state index is 10.7. The highest BCUT2D eigenvalue weighted by molar-refractivity contribution is 6.32. The summed E-state index contributed by atoms with van der Waals surface area (Å²) in [5.74, 6) is 0.456. The molecule has 0 radical (unpaired) electrons. The normalized spacial score (nSPS) is 16.8. The molecule has 1 aliphatic rings. The number of nitrogens with one attached hydrogen (secondary N) is 1. The van der Waals surface area contributed by atoms with E-state index < -0.39 is 10.5 Å². The topological polar surface area (TPSA) is 88.2 Å². The van der Waals surface area contributed by atoms with Gasteiger partial charge in [-0.15, -0.1) is 0 Å². The van der Waals surface area contributed by atoms with Crippen LogP contribution in [0.4, 0.5) is 5.69 Å². The fraction of sp³-hybridized carbons (Fsp3) is 0.500. The number of halogens is 1. The van der Waals surface area contributed by atoms with Crippen LogP contribution in [-0.4, -0.2) is 23.1 Å². The third-order valence-electron chi connectivity index (χ3n) is 3.33. The molecule has 1 unspecified atom stereocenters. The molecule has 2 rings (SSSR count). The molecule has 21 heavy (non-hydrogen) atoms. The Morgan fingerprint density at radius 2 is 2.33 bits per heavy atom. The highest BCUT2D eigenvalue weighted by atomic mass is 35.5. The molecule has 1 fully saturated rings. The highest BCUT2D eigenvalue weighted by Gasteiger charge is 2.32. The number of rotatable bonds is 7. The van der Waals surface area contributed by atoms with Crippen LogP contribution in [0.1, 0.15) is 26.2 Å². The summed E-state index contributed by atoms with van der Waals surface area (Å²) in [4.78, 5) is 10.1. The van der Waals surface area contributed by atoms with Crippen LogP contribution >= 0.6 is 11.6 Å². The molecule has 112 valence electrons. The van der Waals surface area contributed by atoms with E-state index in [1.807, 2.05) is 6.92 Å². The Morgan fingerprint density at radius 3 is 2.86 bits per heavy atom. The third-order valence-corrected chi connectivity index (χ3v) is 3.64. The van der Waals surface area contributed by atoms with Crippen LogP contribution in [0.5, 0.6) is 5.75 Å². The third kappa shape index (κ3) is 4.31. The van der Waals surface area contributed by atoms with Gasteiger partial charge in [-0.3, -0.25) is 15.4 Å². The standard InChI is InChI=1S/C14H16ClN3O3/c1-14(9-16,17-10-2-3-10)6-7-21-11-4-5-13(18(19)20)12(15)8-11/h4-5,8,10,17H,2-3,6-7H2,1H3. The molecule has 0 bridgehead atoms. The molecule has 1 aliphatic carbocycles. The first-order chi connectivity index (χ1) is 9.93. The Labute approximate surface area is 127 Å². The zero-order valence-electron chi connectivity index (χ0n) is 11.6. The minimum Gasteiger partial charge on any atom is -0.493 e. The summed E-state index contributed by atoms with van der Waals surface area (Å²) < 4.78 is 5.52. The van der Waals surface area contributed by atoms with Gasteiger partial charge >= 0.3 is 0 Å². The highest BCUT2D eigenvalue weighted by Crippen LogP contribution is 2.29. The molecule has 1 saturated carbocycles. The van der Waals surface area contributed by atoms with E-state index in [9.17, 15) is 15.4 Å². The van der Waals surface area contributed by atoms with Gasteiger partial charge in [0.15, 0.2) is 0 Å². The quantitative estimate of drug-likeness (QED) is 0.617. The van der Waals surface area contributed by atoms with Gasteiger partial charge in [-0.05, 0) is 25.8 Å². The van der Waals surface area contributed by atoms with E-state index in [1.54, 1.807) is 0 Å². The zero-order chi connectivity index (χ0) is 15.5. The van der Waals surface area contributed by atoms with Crippen molar-refractivity contribution >= 4 is 17.3 Å². The Balaban J connectivity index is 1.89. The maximum atomic E-state index is 10.7. The van der Waals surface area contributed by atoms with E-state index in [0.29, 0.717) is 24.8 Å². The lowest BCUT2D eigenvalue weighted by Crippen LogP contribution is -2.43. The SMILES string of the molecule is CC(C#N)(CCOc1ccc([N+](=O)[O-])c(Cl)c1)NC1CC1. The number of nitro benzene ring substituents is 1. The van der Waals surface area contributed by atoms with Crippen LogP contribution in [0.2, 0.25) is 5.02 Å². The van der Waals surface area contributed by atoms with Crippen molar-refractivity contribution in [2.45, 2.75) is 37.8 Å². The van der Waals surface area contributed by atoms with Crippen LogP contribution in [0, 0.1) is 21.4 Å². The minimum absolute atomic E-state index is 0.0386. The average Bonchev–Trinajstić information content (AvgIpc) is 3.22. The van der Waals surface area contributed by atoms with Gasteiger partial charge in [0.05, 0.1) is 17.6 Å². The summed E-state index contributed by atoms with van der Waals surface area (Å²) in [6, 6.07) is 6.92. The van der Waals surface area contributed by atoms with Gasteiger partial charge in [0, 0.05) is 24.6 Å². The molecular weight excluding hydrogens is 294 g/mol. The molecule has 6 nitrogen and oxygen atoms in total. The lowest BCUT2D eigenvalue weighted by molar-refractivity contribution is -0.384. The first-order valence-electron chi connectivity index (χ1n) is 6.69. The zero-order valence-corrected chi connectivity index (χ0v) is 12.4. The summed E-state index contributed by atoms with van der Waals surface area (Å²) in [6.45, 7) is 2.18. The summed E-state index contributed by atoms with van der Waals surface area (Å²) in [5, 5.41) is 23.2. The van der Waals surface area contributed by atoms with E-state index in [1.165, 1.54) is 18.2 Å². The van der Waals surface area contributed by atoms with Gasteiger partial charge in [0.1, 0.15) is 16.3 Å². The summed E-state index contributed by atoms with van der Waals surface area (Å²) in [6.07, 6.45) is 2.74. The van der Waals surface area contributed by atoms with Crippen molar-refractivity contribution in [1.29, 1.82) is 5.26 Å². The van der Waals surface area contributed by atoms with Crippen molar-refractivity contribution in [1.82, 2.24) is 5.32 Å². The Bertz CT molecular complexity index is 583. The molecule has 1 atom stereocenters. The number of benzene rings is 1. The second-order valence-electron chi connectivity index (χ2n) is 5.33. The van der Waals surface area contributed by atoms with Crippen LogP contribution < -0.4 is 10.1 Å². The van der Waals surface area contributed by atoms with Crippen molar-refractivity contribution in [3.8, 4) is 11.8 Å². The van der Waals surface area contributed by atoms with Gasteiger partial charge < -0.3 is 4.74 Å². The first-order valence-corrected chi connectivity index (χ1v) is 7.07. The second kappa shape index (κ2) is 6.29. The number of nitro groups is 1. The van der Waals surface area contributed by atoms with E-state index in [-0.39, 0.29) is 10.7 Å². The van der Waals surface area contributed by atoms with Gasteiger partial charge in [-0.2, -0.15) is 5.26 Å². The molecule has 0 aromatic heterocycles. The van der Waals surface area contributed by atoms with Crippen molar-refractivity contribution < 1.29 is 9.66 Å². The van der Waals surface area contributed by atoms with Gasteiger partial charge in [0.25, 0.3) is 5.69 Å². The minimum atomic E-state index is -0.619. The molecule has 7 heteroatoms. The predicted molar refractivity (Wildman–Crippen MR) is 78.4 cm³/mol. The van der Waals surface area contributed by atoms with Crippen molar-refractivity contribution in [2.24, 2.45) is 0 Å². The van der Waals surface area contributed by atoms with Crippen LogP contribution in [-0.2, 0) is 0 Å². The fourth-order valence-electron chi connectivity index (χ4n) is 1.94. The maximum Gasteiger partial charge on any atom is 0.288 e. The summed E-state index contributed by atoms with van der Waals surface area (Å²) in [5.41, 5.74) is -0.771. The van der Waals surface area contributed by atoms with Crippen molar-refractivity contribution in [2.75, 3.05) is 6.61 Å². The summed E-state index contributed by atoms with van der Waals surface area (Å²) >= 11 is 5.81. The number of hydrogen-bond donors (Lipinski definition) is 1. The Kier molecular flexibility index (Phi) is 4.66. The molecule has 0 heterocycles. The van der Waals surface area contributed by atoms with Crippen molar-refractivity contribution in [3.63, 3.8) is 0 Å². The Hall–Kier alpha value is -1.84. The van der Waals surface area contributed by atoms with E-state index in [2.05, 4.69) is 11.4 Å². The monoisotopic (exact) mass is 309 g/mol. The predicted octanol–water partition coefficient (Wildman–Crippen LogP) is 3.05. The Morgan fingerprint density at radius 1 is 1.62 bits per heavy atom. The van der Waals surface area contributed by atoms with Crippen LogP contribution in [0.15, 0.2) is 18.2 Å². The average molecular weight is 310 g/mol. The van der Waals surface area contributed by atoms with Gasteiger partial charge in [-0.1, -0.05) is 11.6 Å².